The molecule has 1 aromatic carbocycles. The highest BCUT2D eigenvalue weighted by molar-refractivity contribution is 6.10. The van der Waals surface area contributed by atoms with Crippen molar-refractivity contribution in [3.63, 3.8) is 0 Å². The molecule has 0 N–H and O–H groups in total. The van der Waals surface area contributed by atoms with Gasteiger partial charge in [-0.2, -0.15) is 0 Å². The van der Waals surface area contributed by atoms with E-state index in [4.69, 9.17) is 0 Å². The third-order valence-corrected chi connectivity index (χ3v) is 3.69. The fourth-order valence-electron chi connectivity index (χ4n) is 2.63. The minimum atomic E-state index is -0.154. The Morgan fingerprint density at radius 2 is 1.68 bits per heavy atom. The van der Waals surface area contributed by atoms with E-state index >= 15 is 0 Å². The fourth-order valence-corrected chi connectivity index (χ4v) is 2.63. The van der Waals surface area contributed by atoms with Crippen LogP contribution in [0.15, 0.2) is 29.8 Å². The van der Waals surface area contributed by atoms with E-state index in [1.807, 2.05) is 31.2 Å². The maximum atomic E-state index is 12.4. The van der Waals surface area contributed by atoms with E-state index in [-0.39, 0.29) is 11.8 Å². The first-order valence-electron chi connectivity index (χ1n) is 6.71. The Morgan fingerprint density at radius 1 is 1.05 bits per heavy atom. The Hall–Kier alpha value is -1.90. The van der Waals surface area contributed by atoms with E-state index in [0.717, 1.165) is 28.7 Å². The van der Waals surface area contributed by atoms with Crippen molar-refractivity contribution in [2.45, 2.75) is 33.1 Å². The van der Waals surface area contributed by atoms with Crippen LogP contribution in [0.3, 0.4) is 0 Å². The van der Waals surface area contributed by atoms with Gasteiger partial charge in [0.1, 0.15) is 0 Å². The van der Waals surface area contributed by atoms with Crippen molar-refractivity contribution >= 4 is 17.4 Å². The standard InChI is InChI=1S/C16H19NO2/c1-4-12-13(5-2)16(19)17(3)15(18)10-11-8-6-7-9-14(11)12/h6-9H,4-5,10H2,1-3H3/b13-12-. The van der Waals surface area contributed by atoms with Crippen molar-refractivity contribution in [1.82, 2.24) is 4.90 Å². The zero-order valence-electron chi connectivity index (χ0n) is 11.7. The van der Waals surface area contributed by atoms with Crippen LogP contribution in [-0.4, -0.2) is 23.8 Å². The average Bonchev–Trinajstić information content (AvgIpc) is 2.43. The summed E-state index contributed by atoms with van der Waals surface area (Å²) in [7, 11) is 1.57. The van der Waals surface area contributed by atoms with Gasteiger partial charge < -0.3 is 0 Å². The smallest absolute Gasteiger partial charge is 0.256 e. The number of allylic oxidation sites excluding steroid dienone is 1. The number of likely N-dealkylation sites (N-methyl/N-ethyl adjacent to an activating group) is 1. The van der Waals surface area contributed by atoms with Crippen molar-refractivity contribution < 1.29 is 9.59 Å². The minimum absolute atomic E-state index is 0.140. The normalized spacial score (nSPS) is 20.1. The van der Waals surface area contributed by atoms with Gasteiger partial charge in [-0.3, -0.25) is 14.5 Å². The van der Waals surface area contributed by atoms with Crippen LogP contribution in [-0.2, 0) is 16.0 Å². The molecule has 0 saturated heterocycles. The van der Waals surface area contributed by atoms with Crippen molar-refractivity contribution in [2.24, 2.45) is 0 Å². The first-order valence-corrected chi connectivity index (χ1v) is 6.71. The van der Waals surface area contributed by atoms with Crippen LogP contribution in [0.1, 0.15) is 37.8 Å². The van der Waals surface area contributed by atoms with Crippen LogP contribution in [0, 0.1) is 0 Å². The third kappa shape index (κ3) is 2.33. The van der Waals surface area contributed by atoms with Crippen LogP contribution >= 0.6 is 0 Å². The second kappa shape index (κ2) is 5.39. The highest BCUT2D eigenvalue weighted by Gasteiger charge is 2.26. The lowest BCUT2D eigenvalue weighted by Gasteiger charge is -2.24. The number of imide groups is 1. The molecule has 1 aromatic rings. The van der Waals surface area contributed by atoms with Gasteiger partial charge in [0.25, 0.3) is 5.91 Å². The maximum Gasteiger partial charge on any atom is 0.256 e. The number of fused-ring (bicyclic) bond motifs is 1. The van der Waals surface area contributed by atoms with E-state index in [0.29, 0.717) is 12.8 Å². The van der Waals surface area contributed by atoms with E-state index < -0.39 is 0 Å². The highest BCUT2D eigenvalue weighted by atomic mass is 16.2. The highest BCUT2D eigenvalue weighted by Crippen LogP contribution is 2.30. The number of amides is 2. The molecule has 0 saturated carbocycles. The molecule has 1 heterocycles. The summed E-state index contributed by atoms with van der Waals surface area (Å²) >= 11 is 0. The van der Waals surface area contributed by atoms with Crippen molar-refractivity contribution in [1.29, 1.82) is 0 Å². The molecule has 0 atom stereocenters. The fraction of sp³-hybridized carbons (Fsp3) is 0.375. The molecule has 0 spiro atoms. The quantitative estimate of drug-likeness (QED) is 0.764. The van der Waals surface area contributed by atoms with Gasteiger partial charge in [-0.25, -0.2) is 0 Å². The number of hydrogen-bond acceptors (Lipinski definition) is 2. The summed E-state index contributed by atoms with van der Waals surface area (Å²) in [6.07, 6.45) is 1.74. The molecule has 3 heteroatoms. The molecule has 19 heavy (non-hydrogen) atoms. The van der Waals surface area contributed by atoms with Crippen LogP contribution in [0.5, 0.6) is 0 Å². The number of rotatable bonds is 2. The second-order valence-electron chi connectivity index (χ2n) is 4.76. The van der Waals surface area contributed by atoms with Gasteiger partial charge >= 0.3 is 0 Å². The zero-order chi connectivity index (χ0) is 14.0. The molecule has 0 aliphatic carbocycles. The van der Waals surface area contributed by atoms with Crippen LogP contribution in [0.4, 0.5) is 0 Å². The second-order valence-corrected chi connectivity index (χ2v) is 4.76. The lowest BCUT2D eigenvalue weighted by Crippen LogP contribution is -2.37. The van der Waals surface area contributed by atoms with Gasteiger partial charge in [0.05, 0.1) is 6.42 Å². The Balaban J connectivity index is 2.71. The van der Waals surface area contributed by atoms with Gasteiger partial charge in [-0.05, 0) is 29.5 Å². The molecule has 0 bridgehead atoms. The molecule has 2 amide bonds. The molecule has 1 aliphatic rings. The van der Waals surface area contributed by atoms with E-state index in [2.05, 4.69) is 6.92 Å². The summed E-state index contributed by atoms with van der Waals surface area (Å²) in [6, 6.07) is 7.88. The Labute approximate surface area is 113 Å². The summed E-state index contributed by atoms with van der Waals surface area (Å²) in [4.78, 5) is 25.7. The largest absolute Gasteiger partial charge is 0.282 e. The molecule has 1 aliphatic heterocycles. The number of carbonyl (C=O) groups excluding carboxylic acids is 2. The summed E-state index contributed by atoms with van der Waals surface area (Å²) in [5.74, 6) is -0.294. The van der Waals surface area contributed by atoms with Crippen molar-refractivity contribution in [3.8, 4) is 0 Å². The number of hydrogen-bond donors (Lipinski definition) is 0. The number of benzene rings is 1. The van der Waals surface area contributed by atoms with Gasteiger partial charge in [-0.15, -0.1) is 0 Å². The topological polar surface area (TPSA) is 37.4 Å². The van der Waals surface area contributed by atoms with Crippen LogP contribution < -0.4 is 0 Å². The van der Waals surface area contributed by atoms with Gasteiger partial charge in [0.2, 0.25) is 5.91 Å². The van der Waals surface area contributed by atoms with E-state index in [1.54, 1.807) is 7.05 Å². The Bertz CT molecular complexity index is 558. The van der Waals surface area contributed by atoms with Gasteiger partial charge in [0.15, 0.2) is 0 Å². The maximum absolute atomic E-state index is 12.4. The molecule has 0 radical (unpaired) electrons. The summed E-state index contributed by atoms with van der Waals surface area (Å²) in [5, 5.41) is 0. The molecule has 100 valence electrons. The SMILES string of the molecule is CC/C1=C(\CC)c2ccccc2CC(=O)N(C)C1=O. The summed E-state index contributed by atoms with van der Waals surface area (Å²) < 4.78 is 0. The van der Waals surface area contributed by atoms with E-state index in [1.165, 1.54) is 4.90 Å². The summed E-state index contributed by atoms with van der Waals surface area (Å²) in [6.45, 7) is 4.02. The van der Waals surface area contributed by atoms with Crippen LogP contribution in [0.2, 0.25) is 0 Å². The van der Waals surface area contributed by atoms with Gasteiger partial charge in [0, 0.05) is 12.6 Å². The lowest BCUT2D eigenvalue weighted by atomic mass is 9.89. The van der Waals surface area contributed by atoms with Crippen molar-refractivity contribution in [3.05, 3.63) is 41.0 Å². The first kappa shape index (κ1) is 13.5. The average molecular weight is 257 g/mol. The number of carbonyl (C=O) groups is 2. The molecule has 0 aromatic heterocycles. The van der Waals surface area contributed by atoms with Gasteiger partial charge in [-0.1, -0.05) is 38.1 Å². The first-order chi connectivity index (χ1) is 9.10. The Kier molecular flexibility index (Phi) is 3.84. The summed E-state index contributed by atoms with van der Waals surface area (Å²) in [5.41, 5.74) is 3.89. The molecule has 2 rings (SSSR count). The molecule has 3 nitrogen and oxygen atoms in total. The Morgan fingerprint density at radius 3 is 2.32 bits per heavy atom. The minimum Gasteiger partial charge on any atom is -0.282 e. The number of nitrogens with zero attached hydrogens (tertiary/aromatic N) is 1. The van der Waals surface area contributed by atoms with E-state index in [9.17, 15) is 9.59 Å². The van der Waals surface area contributed by atoms with Crippen molar-refractivity contribution in [2.75, 3.05) is 7.05 Å². The molecule has 0 unspecified atom stereocenters. The lowest BCUT2D eigenvalue weighted by molar-refractivity contribution is -0.140. The van der Waals surface area contributed by atoms with Crippen LogP contribution in [0.25, 0.3) is 5.57 Å². The monoisotopic (exact) mass is 257 g/mol. The molecular formula is C16H19NO2. The molecule has 0 fully saturated rings. The zero-order valence-corrected chi connectivity index (χ0v) is 11.7. The predicted octanol–water partition coefficient (Wildman–Crippen LogP) is 2.80. The predicted molar refractivity (Wildman–Crippen MR) is 75.4 cm³/mol. The molecular weight excluding hydrogens is 238 g/mol. The third-order valence-electron chi connectivity index (χ3n) is 3.69.